The Labute approximate surface area is 71.0 Å². The fraction of sp³-hybridized carbons (Fsp3) is 0.222. The van der Waals surface area contributed by atoms with E-state index in [2.05, 4.69) is 11.5 Å². The first-order valence-electron chi connectivity index (χ1n) is 3.97. The fourth-order valence-electron chi connectivity index (χ4n) is 1.54. The first-order chi connectivity index (χ1) is 5.92. The molecule has 0 atom stereocenters. The van der Waals surface area contributed by atoms with E-state index in [0.29, 0.717) is 6.41 Å². The van der Waals surface area contributed by atoms with Crippen molar-refractivity contribution in [1.82, 2.24) is 5.43 Å². The van der Waals surface area contributed by atoms with Crippen LogP contribution in [0.25, 0.3) is 0 Å². The van der Waals surface area contributed by atoms with E-state index in [1.165, 1.54) is 5.56 Å². The van der Waals surface area contributed by atoms with Crippen LogP contribution >= 0.6 is 0 Å². The fourth-order valence-corrected chi connectivity index (χ4v) is 1.54. The minimum Gasteiger partial charge on any atom is -0.285 e. The summed E-state index contributed by atoms with van der Waals surface area (Å²) in [6.07, 6.45) is 1.72. The van der Waals surface area contributed by atoms with Gasteiger partial charge in [0.05, 0.1) is 5.69 Å². The number of carbonyl (C=O) groups is 1. The number of anilines is 1. The third kappa shape index (κ3) is 1.03. The van der Waals surface area contributed by atoms with Gasteiger partial charge in [0.25, 0.3) is 0 Å². The Bertz CT molecular complexity index is 298. The molecule has 3 heteroatoms. The highest BCUT2D eigenvalue weighted by atomic mass is 16.1. The molecule has 1 amide bonds. The van der Waals surface area contributed by atoms with Crippen molar-refractivity contribution in [2.75, 3.05) is 11.6 Å². The molecule has 0 saturated carbocycles. The SMILES string of the molecule is O=CNN1CCc2ccccc21. The van der Waals surface area contributed by atoms with Crippen LogP contribution in [0, 0.1) is 0 Å². The van der Waals surface area contributed by atoms with Crippen LogP contribution in [0.2, 0.25) is 0 Å². The quantitative estimate of drug-likeness (QED) is 0.649. The van der Waals surface area contributed by atoms with E-state index in [-0.39, 0.29) is 0 Å². The van der Waals surface area contributed by atoms with Crippen LogP contribution in [0.15, 0.2) is 24.3 Å². The minimum atomic E-state index is 0.710. The van der Waals surface area contributed by atoms with Gasteiger partial charge >= 0.3 is 0 Å². The first kappa shape index (κ1) is 7.16. The lowest BCUT2D eigenvalue weighted by molar-refractivity contribution is -0.109. The molecule has 1 N–H and O–H groups in total. The Morgan fingerprint density at radius 3 is 3.08 bits per heavy atom. The maximum Gasteiger partial charge on any atom is 0.225 e. The second-order valence-electron chi connectivity index (χ2n) is 2.78. The molecule has 0 aromatic heterocycles. The Morgan fingerprint density at radius 1 is 1.42 bits per heavy atom. The second kappa shape index (κ2) is 2.85. The molecule has 0 bridgehead atoms. The van der Waals surface area contributed by atoms with Crippen LogP contribution in [0.3, 0.4) is 0 Å². The van der Waals surface area contributed by atoms with Crippen LogP contribution in [0.5, 0.6) is 0 Å². The number of fused-ring (bicyclic) bond motifs is 1. The van der Waals surface area contributed by atoms with Crippen molar-refractivity contribution >= 4 is 12.1 Å². The molecular weight excluding hydrogens is 152 g/mol. The average molecular weight is 162 g/mol. The molecule has 1 aliphatic rings. The van der Waals surface area contributed by atoms with E-state index in [4.69, 9.17) is 0 Å². The van der Waals surface area contributed by atoms with Crippen LogP contribution < -0.4 is 10.4 Å². The molecule has 1 aliphatic heterocycles. The topological polar surface area (TPSA) is 32.3 Å². The number of para-hydroxylation sites is 1. The maximum absolute atomic E-state index is 10.2. The number of hydrogen-bond donors (Lipinski definition) is 1. The summed E-state index contributed by atoms with van der Waals surface area (Å²) in [5.74, 6) is 0. The predicted molar refractivity (Wildman–Crippen MR) is 46.7 cm³/mol. The lowest BCUT2D eigenvalue weighted by Crippen LogP contribution is -2.35. The summed E-state index contributed by atoms with van der Waals surface area (Å²) in [6.45, 7) is 0.873. The van der Waals surface area contributed by atoms with Gasteiger partial charge < -0.3 is 0 Å². The molecule has 0 aliphatic carbocycles. The normalized spacial score (nSPS) is 14.2. The standard InChI is InChI=1S/C9H10N2O/c12-7-10-11-6-5-8-3-1-2-4-9(8)11/h1-4,7H,5-6H2,(H,10,12). The van der Waals surface area contributed by atoms with Gasteiger partial charge in [0.15, 0.2) is 0 Å². The number of carbonyl (C=O) groups excluding carboxylic acids is 1. The van der Waals surface area contributed by atoms with E-state index >= 15 is 0 Å². The highest BCUT2D eigenvalue weighted by Crippen LogP contribution is 2.24. The van der Waals surface area contributed by atoms with Crippen molar-refractivity contribution in [3.8, 4) is 0 Å². The zero-order valence-electron chi connectivity index (χ0n) is 6.66. The third-order valence-electron chi connectivity index (χ3n) is 2.10. The van der Waals surface area contributed by atoms with Gasteiger partial charge in [-0.3, -0.25) is 15.2 Å². The molecule has 1 aromatic rings. The molecule has 1 heterocycles. The van der Waals surface area contributed by atoms with Crippen molar-refractivity contribution in [3.63, 3.8) is 0 Å². The summed E-state index contributed by atoms with van der Waals surface area (Å²) in [5.41, 5.74) is 5.07. The van der Waals surface area contributed by atoms with Gasteiger partial charge in [0.1, 0.15) is 0 Å². The number of benzene rings is 1. The molecule has 12 heavy (non-hydrogen) atoms. The van der Waals surface area contributed by atoms with Gasteiger partial charge in [0.2, 0.25) is 6.41 Å². The summed E-state index contributed by atoms with van der Waals surface area (Å²) in [5, 5.41) is 1.86. The van der Waals surface area contributed by atoms with Crippen molar-refractivity contribution in [1.29, 1.82) is 0 Å². The monoisotopic (exact) mass is 162 g/mol. The van der Waals surface area contributed by atoms with E-state index in [1.807, 2.05) is 23.2 Å². The van der Waals surface area contributed by atoms with Crippen molar-refractivity contribution < 1.29 is 4.79 Å². The number of nitrogens with one attached hydrogen (secondary N) is 1. The summed E-state index contributed by atoms with van der Waals surface area (Å²) < 4.78 is 0. The van der Waals surface area contributed by atoms with E-state index in [1.54, 1.807) is 0 Å². The van der Waals surface area contributed by atoms with Gasteiger partial charge in [0, 0.05) is 6.54 Å². The molecule has 0 fully saturated rings. The number of nitrogens with zero attached hydrogens (tertiary/aromatic N) is 1. The van der Waals surface area contributed by atoms with Gasteiger partial charge in [-0.25, -0.2) is 0 Å². The van der Waals surface area contributed by atoms with Crippen molar-refractivity contribution in [2.45, 2.75) is 6.42 Å². The van der Waals surface area contributed by atoms with E-state index in [9.17, 15) is 4.79 Å². The summed E-state index contributed by atoms with van der Waals surface area (Å²) >= 11 is 0. The molecular formula is C9H10N2O. The average Bonchev–Trinajstić information content (AvgIpc) is 2.50. The highest BCUT2D eigenvalue weighted by Gasteiger charge is 2.16. The van der Waals surface area contributed by atoms with Gasteiger partial charge in [-0.1, -0.05) is 18.2 Å². The van der Waals surface area contributed by atoms with Crippen LogP contribution in [0.1, 0.15) is 5.56 Å². The Hall–Kier alpha value is -1.51. The Morgan fingerprint density at radius 2 is 2.25 bits per heavy atom. The zero-order chi connectivity index (χ0) is 8.39. The molecule has 1 aromatic carbocycles. The minimum absolute atomic E-state index is 0.710. The molecule has 0 spiro atoms. The number of hydrazine groups is 1. The van der Waals surface area contributed by atoms with Crippen LogP contribution in [-0.4, -0.2) is 13.0 Å². The zero-order valence-corrected chi connectivity index (χ0v) is 6.66. The maximum atomic E-state index is 10.2. The Kier molecular flexibility index (Phi) is 1.70. The lowest BCUT2D eigenvalue weighted by Gasteiger charge is -2.16. The molecule has 3 nitrogen and oxygen atoms in total. The largest absolute Gasteiger partial charge is 0.285 e. The smallest absolute Gasteiger partial charge is 0.225 e. The van der Waals surface area contributed by atoms with E-state index in [0.717, 1.165) is 18.7 Å². The summed E-state index contributed by atoms with van der Waals surface area (Å²) in [4.78, 5) is 10.2. The van der Waals surface area contributed by atoms with Crippen LogP contribution in [-0.2, 0) is 11.2 Å². The summed E-state index contributed by atoms with van der Waals surface area (Å²) in [7, 11) is 0. The number of amides is 1. The molecule has 0 saturated heterocycles. The van der Waals surface area contributed by atoms with Gasteiger partial charge in [-0.15, -0.1) is 0 Å². The van der Waals surface area contributed by atoms with Crippen molar-refractivity contribution in [3.05, 3.63) is 29.8 Å². The van der Waals surface area contributed by atoms with Gasteiger partial charge in [-0.05, 0) is 18.1 Å². The second-order valence-corrected chi connectivity index (χ2v) is 2.78. The molecule has 62 valence electrons. The van der Waals surface area contributed by atoms with Gasteiger partial charge in [-0.2, -0.15) is 0 Å². The molecule has 2 rings (SSSR count). The summed E-state index contributed by atoms with van der Waals surface area (Å²) in [6, 6.07) is 8.09. The Balaban J connectivity index is 2.29. The number of hydrogen-bond acceptors (Lipinski definition) is 2. The molecule has 0 radical (unpaired) electrons. The third-order valence-corrected chi connectivity index (χ3v) is 2.10. The number of rotatable bonds is 2. The highest BCUT2D eigenvalue weighted by molar-refractivity contribution is 5.61. The first-order valence-corrected chi connectivity index (χ1v) is 3.97. The van der Waals surface area contributed by atoms with Crippen LogP contribution in [0.4, 0.5) is 5.69 Å². The van der Waals surface area contributed by atoms with E-state index < -0.39 is 0 Å². The van der Waals surface area contributed by atoms with Crippen molar-refractivity contribution in [2.24, 2.45) is 0 Å². The molecule has 0 unspecified atom stereocenters. The lowest BCUT2D eigenvalue weighted by atomic mass is 10.2. The predicted octanol–water partition coefficient (Wildman–Crippen LogP) is 0.710.